The lowest BCUT2D eigenvalue weighted by Crippen LogP contribution is -2.36. The molecule has 1 aromatic carbocycles. The first-order chi connectivity index (χ1) is 8.88. The fourth-order valence-electron chi connectivity index (χ4n) is 1.93. The zero-order valence-corrected chi connectivity index (χ0v) is 9.94. The molecule has 2 rings (SSSR count). The fraction of sp³-hybridized carbons (Fsp3) is 0.308. The zero-order valence-electron chi connectivity index (χ0n) is 9.94. The molecule has 3 nitrogen and oxygen atoms in total. The third-order valence-corrected chi connectivity index (χ3v) is 2.95. The van der Waals surface area contributed by atoms with E-state index in [4.69, 9.17) is 0 Å². The minimum Gasteiger partial charge on any atom is -0.508 e. The standard InChI is InChI=1S/C13H12F3NO2/c14-13(15,16)10-4-6-17(7-5-10)12(19)9-2-1-3-11(18)8-9/h1-4,8,18H,5-7H2. The Balaban J connectivity index is 2.10. The molecule has 0 spiro atoms. The second kappa shape index (κ2) is 4.95. The zero-order chi connectivity index (χ0) is 14.0. The van der Waals surface area contributed by atoms with E-state index in [0.29, 0.717) is 0 Å². The van der Waals surface area contributed by atoms with Crippen molar-refractivity contribution in [1.82, 2.24) is 4.90 Å². The predicted molar refractivity (Wildman–Crippen MR) is 62.8 cm³/mol. The molecule has 0 radical (unpaired) electrons. The van der Waals surface area contributed by atoms with Crippen LogP contribution in [0.2, 0.25) is 0 Å². The van der Waals surface area contributed by atoms with Crippen molar-refractivity contribution in [3.63, 3.8) is 0 Å². The second-order valence-corrected chi connectivity index (χ2v) is 4.28. The van der Waals surface area contributed by atoms with Crippen LogP contribution in [0.3, 0.4) is 0 Å². The van der Waals surface area contributed by atoms with Gasteiger partial charge in [0, 0.05) is 24.2 Å². The molecule has 0 saturated carbocycles. The predicted octanol–water partition coefficient (Wildman–Crippen LogP) is 2.73. The molecule has 6 heteroatoms. The molecular formula is C13H12F3NO2. The number of phenols is 1. The van der Waals surface area contributed by atoms with Gasteiger partial charge in [0.25, 0.3) is 5.91 Å². The van der Waals surface area contributed by atoms with E-state index in [1.807, 2.05) is 0 Å². The Morgan fingerprint density at radius 2 is 2.05 bits per heavy atom. The summed E-state index contributed by atoms with van der Waals surface area (Å²) in [6, 6.07) is 5.76. The number of rotatable bonds is 1. The highest BCUT2D eigenvalue weighted by Crippen LogP contribution is 2.30. The molecule has 0 fully saturated rings. The number of benzene rings is 1. The number of hydrogen-bond donors (Lipinski definition) is 1. The molecule has 0 aromatic heterocycles. The van der Waals surface area contributed by atoms with Gasteiger partial charge in [-0.1, -0.05) is 12.1 Å². The van der Waals surface area contributed by atoms with Gasteiger partial charge in [-0.2, -0.15) is 13.2 Å². The Kier molecular flexibility index (Phi) is 3.50. The summed E-state index contributed by atoms with van der Waals surface area (Å²) >= 11 is 0. The highest BCUT2D eigenvalue weighted by atomic mass is 19.4. The van der Waals surface area contributed by atoms with Crippen LogP contribution < -0.4 is 0 Å². The van der Waals surface area contributed by atoms with Gasteiger partial charge in [0.15, 0.2) is 0 Å². The third-order valence-electron chi connectivity index (χ3n) is 2.95. The number of phenolic OH excluding ortho intramolecular Hbond substituents is 1. The van der Waals surface area contributed by atoms with Crippen LogP contribution in [-0.2, 0) is 0 Å². The molecule has 0 saturated heterocycles. The van der Waals surface area contributed by atoms with Gasteiger partial charge in [0.2, 0.25) is 0 Å². The van der Waals surface area contributed by atoms with Crippen molar-refractivity contribution >= 4 is 5.91 Å². The minimum absolute atomic E-state index is 0.0276. The van der Waals surface area contributed by atoms with Gasteiger partial charge < -0.3 is 10.0 Å². The molecular weight excluding hydrogens is 259 g/mol. The van der Waals surface area contributed by atoms with Crippen LogP contribution in [0.25, 0.3) is 0 Å². The Morgan fingerprint density at radius 1 is 1.32 bits per heavy atom. The van der Waals surface area contributed by atoms with Crippen LogP contribution in [0.4, 0.5) is 13.2 Å². The van der Waals surface area contributed by atoms with E-state index in [-0.39, 0.29) is 36.7 Å². The average molecular weight is 271 g/mol. The Morgan fingerprint density at radius 3 is 2.58 bits per heavy atom. The topological polar surface area (TPSA) is 40.5 Å². The summed E-state index contributed by atoms with van der Waals surface area (Å²) in [4.78, 5) is 13.3. The van der Waals surface area contributed by atoms with Gasteiger partial charge in [-0.05, 0) is 24.6 Å². The lowest BCUT2D eigenvalue weighted by Gasteiger charge is -2.27. The van der Waals surface area contributed by atoms with Crippen molar-refractivity contribution in [2.24, 2.45) is 0 Å². The summed E-state index contributed by atoms with van der Waals surface area (Å²) in [7, 11) is 0. The highest BCUT2D eigenvalue weighted by molar-refractivity contribution is 5.94. The maximum absolute atomic E-state index is 12.4. The largest absolute Gasteiger partial charge is 0.508 e. The summed E-state index contributed by atoms with van der Waals surface area (Å²) < 4.78 is 37.3. The number of nitrogens with zero attached hydrogens (tertiary/aromatic N) is 1. The van der Waals surface area contributed by atoms with E-state index in [1.165, 1.54) is 29.2 Å². The van der Waals surface area contributed by atoms with Crippen LogP contribution in [-0.4, -0.2) is 35.2 Å². The fourth-order valence-corrected chi connectivity index (χ4v) is 1.93. The first-order valence-electron chi connectivity index (χ1n) is 5.72. The summed E-state index contributed by atoms with van der Waals surface area (Å²) in [6.07, 6.45) is -3.49. The second-order valence-electron chi connectivity index (χ2n) is 4.28. The monoisotopic (exact) mass is 271 g/mol. The highest BCUT2D eigenvalue weighted by Gasteiger charge is 2.35. The van der Waals surface area contributed by atoms with Gasteiger partial charge in [0.05, 0.1) is 0 Å². The van der Waals surface area contributed by atoms with E-state index in [0.717, 1.165) is 6.08 Å². The Labute approximate surface area is 108 Å². The van der Waals surface area contributed by atoms with E-state index >= 15 is 0 Å². The molecule has 0 unspecified atom stereocenters. The SMILES string of the molecule is O=C(c1cccc(O)c1)N1CC=C(C(F)(F)F)CC1. The third kappa shape index (κ3) is 3.07. The molecule has 1 aliphatic heterocycles. The van der Waals surface area contributed by atoms with Gasteiger partial charge >= 0.3 is 6.18 Å². The van der Waals surface area contributed by atoms with Gasteiger partial charge in [-0.3, -0.25) is 4.79 Å². The Bertz CT molecular complexity index is 523. The summed E-state index contributed by atoms with van der Waals surface area (Å²) in [6.45, 7) is -0.0385. The van der Waals surface area contributed by atoms with E-state index in [2.05, 4.69) is 0 Å². The lowest BCUT2D eigenvalue weighted by atomic mass is 10.1. The van der Waals surface area contributed by atoms with Crippen molar-refractivity contribution < 1.29 is 23.1 Å². The maximum Gasteiger partial charge on any atom is 0.412 e. The maximum atomic E-state index is 12.4. The van der Waals surface area contributed by atoms with Gasteiger partial charge in [0.1, 0.15) is 5.75 Å². The van der Waals surface area contributed by atoms with E-state index in [1.54, 1.807) is 0 Å². The first kappa shape index (κ1) is 13.5. The molecule has 1 aliphatic rings. The molecule has 1 heterocycles. The minimum atomic E-state index is -4.32. The smallest absolute Gasteiger partial charge is 0.412 e. The van der Waals surface area contributed by atoms with Crippen LogP contribution >= 0.6 is 0 Å². The molecule has 102 valence electrons. The number of halogens is 3. The summed E-state index contributed by atoms with van der Waals surface area (Å²) in [5.41, 5.74) is -0.323. The van der Waals surface area contributed by atoms with Crippen LogP contribution in [0.1, 0.15) is 16.8 Å². The average Bonchev–Trinajstić information content (AvgIpc) is 2.37. The van der Waals surface area contributed by atoms with Crippen molar-refractivity contribution in [3.05, 3.63) is 41.5 Å². The number of hydrogen-bond acceptors (Lipinski definition) is 2. The molecule has 0 aliphatic carbocycles. The molecule has 1 amide bonds. The van der Waals surface area contributed by atoms with E-state index < -0.39 is 11.7 Å². The molecule has 19 heavy (non-hydrogen) atoms. The van der Waals surface area contributed by atoms with Crippen molar-refractivity contribution in [3.8, 4) is 5.75 Å². The van der Waals surface area contributed by atoms with Crippen molar-refractivity contribution in [2.75, 3.05) is 13.1 Å². The van der Waals surface area contributed by atoms with Crippen molar-refractivity contribution in [1.29, 1.82) is 0 Å². The number of aromatic hydroxyl groups is 1. The summed E-state index contributed by atoms with van der Waals surface area (Å²) in [5.74, 6) is -0.428. The quantitative estimate of drug-likeness (QED) is 0.798. The number of amides is 1. The van der Waals surface area contributed by atoms with Gasteiger partial charge in [-0.15, -0.1) is 0 Å². The van der Waals surface area contributed by atoms with E-state index in [9.17, 15) is 23.1 Å². The lowest BCUT2D eigenvalue weighted by molar-refractivity contribution is -0.0957. The number of carbonyl (C=O) groups is 1. The molecule has 0 bridgehead atoms. The van der Waals surface area contributed by atoms with Crippen LogP contribution in [0.15, 0.2) is 35.9 Å². The number of alkyl halides is 3. The Hall–Kier alpha value is -1.98. The molecule has 0 atom stereocenters. The summed E-state index contributed by atoms with van der Waals surface area (Å²) in [5, 5.41) is 9.28. The van der Waals surface area contributed by atoms with Gasteiger partial charge in [-0.25, -0.2) is 0 Å². The first-order valence-corrected chi connectivity index (χ1v) is 5.72. The van der Waals surface area contributed by atoms with Crippen molar-refractivity contribution in [2.45, 2.75) is 12.6 Å². The van der Waals surface area contributed by atoms with Crippen LogP contribution in [0.5, 0.6) is 5.75 Å². The molecule has 1 N–H and O–H groups in total. The normalized spacial score (nSPS) is 16.2. The number of carbonyl (C=O) groups excluding carboxylic acids is 1. The van der Waals surface area contributed by atoms with Crippen LogP contribution in [0, 0.1) is 0 Å². The molecule has 1 aromatic rings.